The van der Waals surface area contributed by atoms with Gasteiger partial charge in [-0.05, 0) is 57.8 Å². The van der Waals surface area contributed by atoms with E-state index in [2.05, 4.69) is 17.1 Å². The molecule has 0 aromatic heterocycles. The number of piperidine rings is 1. The molecule has 1 aliphatic carbocycles. The molecule has 2 nitrogen and oxygen atoms in total. The third-order valence-electron chi connectivity index (χ3n) is 4.64. The molecule has 0 atom stereocenters. The lowest BCUT2D eigenvalue weighted by atomic mass is 10.0. The number of nitrogens with zero attached hydrogens (tertiary/aromatic N) is 1. The van der Waals surface area contributed by atoms with Gasteiger partial charge in [0.2, 0.25) is 0 Å². The third kappa shape index (κ3) is 4.59. The Morgan fingerprint density at radius 3 is 2.41 bits per heavy atom. The van der Waals surface area contributed by atoms with Crippen LogP contribution in [0.1, 0.15) is 58.3 Å². The van der Waals surface area contributed by atoms with Gasteiger partial charge in [-0.15, -0.1) is 0 Å². The van der Waals surface area contributed by atoms with Crippen molar-refractivity contribution in [3.63, 3.8) is 0 Å². The second-order valence-corrected chi connectivity index (χ2v) is 5.97. The highest BCUT2D eigenvalue weighted by Gasteiger charge is 2.19. The van der Waals surface area contributed by atoms with E-state index in [-0.39, 0.29) is 0 Å². The first-order valence-corrected chi connectivity index (χ1v) is 7.84. The van der Waals surface area contributed by atoms with Crippen LogP contribution in [0.15, 0.2) is 0 Å². The fourth-order valence-electron chi connectivity index (χ4n) is 3.55. The van der Waals surface area contributed by atoms with E-state index in [9.17, 15) is 0 Å². The number of likely N-dealkylation sites (tertiary alicyclic amines) is 1. The summed E-state index contributed by atoms with van der Waals surface area (Å²) in [5.41, 5.74) is 0. The molecule has 0 bridgehead atoms. The molecule has 1 saturated carbocycles. The van der Waals surface area contributed by atoms with Gasteiger partial charge >= 0.3 is 0 Å². The highest BCUT2D eigenvalue weighted by molar-refractivity contribution is 4.77. The first-order valence-electron chi connectivity index (χ1n) is 7.84. The molecule has 0 spiro atoms. The van der Waals surface area contributed by atoms with Gasteiger partial charge in [-0.3, -0.25) is 0 Å². The van der Waals surface area contributed by atoms with E-state index >= 15 is 0 Å². The van der Waals surface area contributed by atoms with Gasteiger partial charge in [0.15, 0.2) is 0 Å². The Labute approximate surface area is 107 Å². The maximum atomic E-state index is 3.58. The molecule has 2 fully saturated rings. The molecule has 1 saturated heterocycles. The quantitative estimate of drug-likeness (QED) is 0.765. The number of hydrogen-bond acceptors (Lipinski definition) is 2. The van der Waals surface area contributed by atoms with Crippen molar-refractivity contribution in [2.75, 3.05) is 26.2 Å². The highest BCUT2D eigenvalue weighted by Crippen LogP contribution is 2.28. The molecule has 0 amide bonds. The second-order valence-electron chi connectivity index (χ2n) is 5.97. The summed E-state index contributed by atoms with van der Waals surface area (Å²) in [7, 11) is 0. The van der Waals surface area contributed by atoms with E-state index in [1.165, 1.54) is 71.0 Å². The van der Waals surface area contributed by atoms with Gasteiger partial charge < -0.3 is 10.2 Å². The molecule has 1 aliphatic heterocycles. The molecule has 0 aromatic rings. The van der Waals surface area contributed by atoms with Crippen LogP contribution in [0, 0.1) is 5.92 Å². The predicted molar refractivity (Wildman–Crippen MR) is 74.3 cm³/mol. The van der Waals surface area contributed by atoms with Crippen molar-refractivity contribution in [1.82, 2.24) is 10.2 Å². The SMILES string of the molecule is CCNC1CCN(CCCC2CCCC2)CC1. The van der Waals surface area contributed by atoms with E-state index in [0.717, 1.165) is 18.5 Å². The number of hydrogen-bond donors (Lipinski definition) is 1. The Balaban J connectivity index is 1.52. The molecule has 2 aliphatic rings. The summed E-state index contributed by atoms with van der Waals surface area (Å²) in [4.78, 5) is 2.68. The molecule has 2 rings (SSSR count). The third-order valence-corrected chi connectivity index (χ3v) is 4.64. The van der Waals surface area contributed by atoms with E-state index in [1.54, 1.807) is 0 Å². The number of nitrogens with one attached hydrogen (secondary N) is 1. The molecule has 0 radical (unpaired) electrons. The Kier molecular flexibility index (Phi) is 5.79. The Morgan fingerprint density at radius 2 is 1.76 bits per heavy atom. The summed E-state index contributed by atoms with van der Waals surface area (Å²) in [5.74, 6) is 1.08. The summed E-state index contributed by atoms with van der Waals surface area (Å²) in [6.07, 6.45) is 11.7. The summed E-state index contributed by atoms with van der Waals surface area (Å²) in [5, 5.41) is 3.58. The fraction of sp³-hybridized carbons (Fsp3) is 1.00. The van der Waals surface area contributed by atoms with Crippen molar-refractivity contribution in [3.05, 3.63) is 0 Å². The van der Waals surface area contributed by atoms with E-state index < -0.39 is 0 Å². The standard InChI is InChI=1S/C15H30N2/c1-2-16-15-9-12-17(13-10-15)11-5-8-14-6-3-4-7-14/h14-16H,2-13H2,1H3. The lowest BCUT2D eigenvalue weighted by Crippen LogP contribution is -2.42. The van der Waals surface area contributed by atoms with Gasteiger partial charge in [-0.1, -0.05) is 32.6 Å². The molecular formula is C15H30N2. The van der Waals surface area contributed by atoms with Gasteiger partial charge in [0.1, 0.15) is 0 Å². The Hall–Kier alpha value is -0.0800. The largest absolute Gasteiger partial charge is 0.314 e. The first kappa shape index (κ1) is 13.4. The average molecular weight is 238 g/mol. The minimum Gasteiger partial charge on any atom is -0.314 e. The normalized spacial score (nSPS) is 24.5. The Morgan fingerprint density at radius 1 is 1.06 bits per heavy atom. The molecule has 100 valence electrons. The molecule has 2 heteroatoms. The van der Waals surface area contributed by atoms with Crippen LogP contribution in [-0.4, -0.2) is 37.1 Å². The second kappa shape index (κ2) is 7.38. The van der Waals surface area contributed by atoms with Gasteiger partial charge in [0.05, 0.1) is 0 Å². The van der Waals surface area contributed by atoms with Crippen molar-refractivity contribution in [3.8, 4) is 0 Å². The summed E-state index contributed by atoms with van der Waals surface area (Å²) in [6, 6.07) is 0.797. The van der Waals surface area contributed by atoms with Crippen LogP contribution in [0.5, 0.6) is 0 Å². The highest BCUT2D eigenvalue weighted by atomic mass is 15.1. The van der Waals surface area contributed by atoms with Crippen LogP contribution in [0.25, 0.3) is 0 Å². The van der Waals surface area contributed by atoms with Crippen LogP contribution >= 0.6 is 0 Å². The molecule has 0 aromatic carbocycles. The van der Waals surface area contributed by atoms with Crippen LogP contribution < -0.4 is 5.32 Å². The van der Waals surface area contributed by atoms with Crippen molar-refractivity contribution in [1.29, 1.82) is 0 Å². The Bertz CT molecular complexity index is 191. The monoisotopic (exact) mass is 238 g/mol. The maximum absolute atomic E-state index is 3.58. The topological polar surface area (TPSA) is 15.3 Å². The summed E-state index contributed by atoms with van der Waals surface area (Å²) in [6.45, 7) is 7.35. The van der Waals surface area contributed by atoms with Crippen molar-refractivity contribution in [2.45, 2.75) is 64.3 Å². The van der Waals surface area contributed by atoms with Gasteiger partial charge in [-0.25, -0.2) is 0 Å². The van der Waals surface area contributed by atoms with Gasteiger partial charge in [-0.2, -0.15) is 0 Å². The molecule has 17 heavy (non-hydrogen) atoms. The van der Waals surface area contributed by atoms with E-state index in [0.29, 0.717) is 0 Å². The lowest BCUT2D eigenvalue weighted by molar-refractivity contribution is 0.192. The minimum atomic E-state index is 0.797. The zero-order chi connectivity index (χ0) is 11.9. The lowest BCUT2D eigenvalue weighted by Gasteiger charge is -2.32. The number of rotatable bonds is 6. The van der Waals surface area contributed by atoms with Gasteiger partial charge in [0, 0.05) is 6.04 Å². The zero-order valence-corrected chi connectivity index (χ0v) is 11.6. The van der Waals surface area contributed by atoms with Crippen molar-refractivity contribution >= 4 is 0 Å². The molecular weight excluding hydrogens is 208 g/mol. The molecule has 1 N–H and O–H groups in total. The molecule has 1 heterocycles. The van der Waals surface area contributed by atoms with Crippen LogP contribution in [-0.2, 0) is 0 Å². The van der Waals surface area contributed by atoms with Crippen molar-refractivity contribution in [2.24, 2.45) is 5.92 Å². The fourth-order valence-corrected chi connectivity index (χ4v) is 3.55. The smallest absolute Gasteiger partial charge is 0.00912 e. The predicted octanol–water partition coefficient (Wildman–Crippen LogP) is 3.03. The minimum absolute atomic E-state index is 0.797. The van der Waals surface area contributed by atoms with Crippen LogP contribution in [0.3, 0.4) is 0 Å². The van der Waals surface area contributed by atoms with Crippen molar-refractivity contribution < 1.29 is 0 Å². The van der Waals surface area contributed by atoms with Gasteiger partial charge in [0.25, 0.3) is 0 Å². The van der Waals surface area contributed by atoms with Crippen LogP contribution in [0.4, 0.5) is 0 Å². The van der Waals surface area contributed by atoms with E-state index in [4.69, 9.17) is 0 Å². The maximum Gasteiger partial charge on any atom is 0.00912 e. The first-order chi connectivity index (χ1) is 8.38. The zero-order valence-electron chi connectivity index (χ0n) is 11.6. The van der Waals surface area contributed by atoms with Crippen LogP contribution in [0.2, 0.25) is 0 Å². The summed E-state index contributed by atoms with van der Waals surface area (Å²) < 4.78 is 0. The summed E-state index contributed by atoms with van der Waals surface area (Å²) >= 11 is 0. The average Bonchev–Trinajstić information content (AvgIpc) is 2.85. The molecule has 0 unspecified atom stereocenters. The van der Waals surface area contributed by atoms with E-state index in [1.807, 2.05) is 0 Å².